The Morgan fingerprint density at radius 1 is 1.25 bits per heavy atom. The van der Waals surface area contributed by atoms with Crippen molar-refractivity contribution in [1.29, 1.82) is 0 Å². The van der Waals surface area contributed by atoms with Crippen LogP contribution < -0.4 is 4.90 Å². The molecular formula is C18H24FIN2O2. The molecule has 4 nitrogen and oxygen atoms in total. The molecule has 0 radical (unpaired) electrons. The fourth-order valence-electron chi connectivity index (χ4n) is 3.54. The van der Waals surface area contributed by atoms with E-state index in [1.165, 1.54) is 0 Å². The fraction of sp³-hybridized carbons (Fsp3) is 0.611. The van der Waals surface area contributed by atoms with Crippen LogP contribution in [0.25, 0.3) is 0 Å². The minimum atomic E-state index is -0.470. The summed E-state index contributed by atoms with van der Waals surface area (Å²) < 4.78 is 20.8. The second kappa shape index (κ2) is 6.69. The van der Waals surface area contributed by atoms with Crippen molar-refractivity contribution >= 4 is 34.4 Å². The zero-order chi connectivity index (χ0) is 17.5. The molecule has 2 heterocycles. The van der Waals surface area contributed by atoms with E-state index in [0.29, 0.717) is 19.1 Å². The smallest absolute Gasteiger partial charge is 0.410 e. The van der Waals surface area contributed by atoms with Gasteiger partial charge >= 0.3 is 6.09 Å². The van der Waals surface area contributed by atoms with Gasteiger partial charge in [-0.05, 0) is 80.3 Å². The topological polar surface area (TPSA) is 32.8 Å². The number of ether oxygens (including phenoxy) is 1. The summed E-state index contributed by atoms with van der Waals surface area (Å²) in [6.45, 7) is 7.83. The number of benzene rings is 1. The van der Waals surface area contributed by atoms with Gasteiger partial charge in [0, 0.05) is 29.2 Å². The number of hydrogen-bond donors (Lipinski definition) is 0. The monoisotopic (exact) mass is 446 g/mol. The molecule has 24 heavy (non-hydrogen) atoms. The molecule has 1 amide bonds. The maximum atomic E-state index is 14.4. The van der Waals surface area contributed by atoms with E-state index in [4.69, 9.17) is 4.74 Å². The SMILES string of the molecule is CC(C)(C)OC(=O)N1CCC(N2CCc3cc(I)cc(F)c32)CC1. The van der Waals surface area contributed by atoms with Crippen LogP contribution >= 0.6 is 22.6 Å². The first-order valence-electron chi connectivity index (χ1n) is 8.47. The summed E-state index contributed by atoms with van der Waals surface area (Å²) in [6.07, 6.45) is 2.35. The second-order valence-electron chi connectivity index (χ2n) is 7.54. The minimum Gasteiger partial charge on any atom is -0.444 e. The van der Waals surface area contributed by atoms with Crippen molar-refractivity contribution in [2.75, 3.05) is 24.5 Å². The van der Waals surface area contributed by atoms with E-state index in [9.17, 15) is 9.18 Å². The first-order chi connectivity index (χ1) is 11.2. The molecule has 1 saturated heterocycles. The molecular weight excluding hydrogens is 422 g/mol. The number of halogens is 2. The molecule has 0 atom stereocenters. The highest BCUT2D eigenvalue weighted by Crippen LogP contribution is 2.36. The molecule has 0 unspecified atom stereocenters. The summed E-state index contributed by atoms with van der Waals surface area (Å²) in [5, 5.41) is 0. The minimum absolute atomic E-state index is 0.121. The van der Waals surface area contributed by atoms with Gasteiger partial charge < -0.3 is 14.5 Å². The van der Waals surface area contributed by atoms with Gasteiger partial charge in [-0.2, -0.15) is 0 Å². The molecule has 0 saturated carbocycles. The number of carbonyl (C=O) groups is 1. The van der Waals surface area contributed by atoms with Crippen LogP contribution in [0, 0.1) is 9.39 Å². The van der Waals surface area contributed by atoms with Gasteiger partial charge in [-0.25, -0.2) is 9.18 Å². The van der Waals surface area contributed by atoms with Crippen molar-refractivity contribution < 1.29 is 13.9 Å². The molecule has 132 valence electrons. The molecule has 2 aliphatic rings. The Balaban J connectivity index is 1.64. The third-order valence-corrected chi connectivity index (χ3v) is 5.20. The lowest BCUT2D eigenvalue weighted by atomic mass is 10.0. The summed E-state index contributed by atoms with van der Waals surface area (Å²) in [6, 6.07) is 3.97. The maximum Gasteiger partial charge on any atom is 0.410 e. The number of anilines is 1. The molecule has 0 spiro atoms. The van der Waals surface area contributed by atoms with Crippen LogP contribution in [0.1, 0.15) is 39.2 Å². The Hall–Kier alpha value is -1.05. The van der Waals surface area contributed by atoms with Gasteiger partial charge in [0.1, 0.15) is 11.4 Å². The van der Waals surface area contributed by atoms with Crippen LogP contribution in [0.4, 0.5) is 14.9 Å². The Kier molecular flexibility index (Phi) is 4.95. The molecule has 1 aromatic rings. The number of nitrogens with zero attached hydrogens (tertiary/aromatic N) is 2. The molecule has 6 heteroatoms. The summed E-state index contributed by atoms with van der Waals surface area (Å²) in [5.41, 5.74) is 1.40. The van der Waals surface area contributed by atoms with Gasteiger partial charge in [-0.1, -0.05) is 0 Å². The average Bonchev–Trinajstić information content (AvgIpc) is 2.89. The van der Waals surface area contributed by atoms with E-state index >= 15 is 0 Å². The van der Waals surface area contributed by atoms with E-state index in [0.717, 1.165) is 40.6 Å². The summed E-state index contributed by atoms with van der Waals surface area (Å²) in [7, 11) is 0. The van der Waals surface area contributed by atoms with E-state index < -0.39 is 5.60 Å². The molecule has 3 rings (SSSR count). The maximum absolute atomic E-state index is 14.4. The van der Waals surface area contributed by atoms with E-state index in [1.807, 2.05) is 20.8 Å². The molecule has 1 fully saturated rings. The number of piperidine rings is 1. The van der Waals surface area contributed by atoms with Gasteiger partial charge in [-0.15, -0.1) is 0 Å². The van der Waals surface area contributed by atoms with E-state index in [2.05, 4.69) is 33.6 Å². The molecule has 1 aromatic carbocycles. The summed E-state index contributed by atoms with van der Waals surface area (Å²) in [4.78, 5) is 16.1. The van der Waals surface area contributed by atoms with Crippen molar-refractivity contribution in [3.8, 4) is 0 Å². The quantitative estimate of drug-likeness (QED) is 0.607. The predicted molar refractivity (Wildman–Crippen MR) is 101 cm³/mol. The highest BCUT2D eigenvalue weighted by atomic mass is 127. The molecule has 0 aliphatic carbocycles. The Morgan fingerprint density at radius 2 is 1.92 bits per heavy atom. The van der Waals surface area contributed by atoms with Crippen LogP contribution in [0.5, 0.6) is 0 Å². The normalized spacial score (nSPS) is 18.7. The predicted octanol–water partition coefficient (Wildman–Crippen LogP) is 4.19. The lowest BCUT2D eigenvalue weighted by Crippen LogP contribution is -2.47. The van der Waals surface area contributed by atoms with Crippen LogP contribution in [0.15, 0.2) is 12.1 Å². The van der Waals surface area contributed by atoms with Crippen molar-refractivity contribution in [2.24, 2.45) is 0 Å². The average molecular weight is 446 g/mol. The fourth-order valence-corrected chi connectivity index (χ4v) is 4.19. The van der Waals surface area contributed by atoms with Crippen LogP contribution in [-0.2, 0) is 11.2 Å². The Bertz CT molecular complexity index is 637. The zero-order valence-corrected chi connectivity index (χ0v) is 16.6. The first-order valence-corrected chi connectivity index (χ1v) is 9.55. The highest BCUT2D eigenvalue weighted by molar-refractivity contribution is 14.1. The van der Waals surface area contributed by atoms with Gasteiger partial charge in [0.2, 0.25) is 0 Å². The standard InChI is InChI=1S/C18H24FIN2O2/c1-18(2,3)24-17(23)21-7-5-14(6-8-21)22-9-4-12-10-13(20)11-15(19)16(12)22/h10-11,14H,4-9H2,1-3H3. The van der Waals surface area contributed by atoms with Gasteiger partial charge in [0.25, 0.3) is 0 Å². The van der Waals surface area contributed by atoms with E-state index in [1.54, 1.807) is 11.0 Å². The molecule has 0 aromatic heterocycles. The highest BCUT2D eigenvalue weighted by Gasteiger charge is 2.33. The number of fused-ring (bicyclic) bond motifs is 1. The van der Waals surface area contributed by atoms with Crippen molar-refractivity contribution in [3.05, 3.63) is 27.1 Å². The largest absolute Gasteiger partial charge is 0.444 e. The van der Waals surface area contributed by atoms with Crippen LogP contribution in [0.2, 0.25) is 0 Å². The number of rotatable bonds is 1. The number of likely N-dealkylation sites (tertiary alicyclic amines) is 1. The second-order valence-corrected chi connectivity index (χ2v) is 8.78. The Morgan fingerprint density at radius 3 is 2.54 bits per heavy atom. The van der Waals surface area contributed by atoms with Crippen molar-refractivity contribution in [3.63, 3.8) is 0 Å². The number of amides is 1. The molecule has 0 N–H and O–H groups in total. The third-order valence-electron chi connectivity index (χ3n) is 4.57. The number of carbonyl (C=O) groups excluding carboxylic acids is 1. The van der Waals surface area contributed by atoms with Gasteiger partial charge in [0.15, 0.2) is 0 Å². The lowest BCUT2D eigenvalue weighted by molar-refractivity contribution is 0.0205. The summed E-state index contributed by atoms with van der Waals surface area (Å²) in [5.74, 6) is -0.121. The number of hydrogen-bond acceptors (Lipinski definition) is 3. The summed E-state index contributed by atoms with van der Waals surface area (Å²) >= 11 is 2.16. The van der Waals surface area contributed by atoms with Gasteiger partial charge in [0.05, 0.1) is 5.69 Å². The molecule has 2 aliphatic heterocycles. The van der Waals surface area contributed by atoms with E-state index in [-0.39, 0.29) is 11.9 Å². The lowest BCUT2D eigenvalue weighted by Gasteiger charge is -2.38. The zero-order valence-electron chi connectivity index (χ0n) is 14.4. The van der Waals surface area contributed by atoms with Crippen LogP contribution in [0.3, 0.4) is 0 Å². The van der Waals surface area contributed by atoms with Gasteiger partial charge in [-0.3, -0.25) is 0 Å². The molecule has 0 bridgehead atoms. The first kappa shape index (κ1) is 17.8. The Labute approximate surface area is 156 Å². The van der Waals surface area contributed by atoms with Crippen LogP contribution in [-0.4, -0.2) is 42.3 Å². The third kappa shape index (κ3) is 3.78. The van der Waals surface area contributed by atoms with Crippen molar-refractivity contribution in [1.82, 2.24) is 4.90 Å². The van der Waals surface area contributed by atoms with Crippen molar-refractivity contribution in [2.45, 2.75) is 51.7 Å².